The topological polar surface area (TPSA) is 108 Å². The average molecular weight is 322 g/mol. The maximum absolute atomic E-state index is 12.3. The lowest BCUT2D eigenvalue weighted by molar-refractivity contribution is -0.384. The molecule has 0 aliphatic carbocycles. The highest BCUT2D eigenvalue weighted by atomic mass is 16.6. The minimum atomic E-state index is -0.741. The third-order valence-corrected chi connectivity index (χ3v) is 3.69. The van der Waals surface area contributed by atoms with Crippen molar-refractivity contribution in [2.24, 2.45) is 0 Å². The van der Waals surface area contributed by atoms with Crippen molar-refractivity contribution in [3.8, 4) is 0 Å². The predicted octanol–water partition coefficient (Wildman–Crippen LogP) is 1.68. The van der Waals surface area contributed by atoms with Gasteiger partial charge in [-0.3, -0.25) is 14.9 Å². The van der Waals surface area contributed by atoms with Crippen LogP contribution in [0.1, 0.15) is 40.5 Å². The first-order valence-electron chi connectivity index (χ1n) is 7.22. The molecule has 0 bridgehead atoms. The third-order valence-electron chi connectivity index (χ3n) is 3.69. The summed E-state index contributed by atoms with van der Waals surface area (Å²) in [5.41, 5.74) is -0.358. The van der Waals surface area contributed by atoms with E-state index in [1.165, 1.54) is 13.2 Å². The maximum atomic E-state index is 12.3. The van der Waals surface area contributed by atoms with E-state index < -0.39 is 16.8 Å². The molecule has 8 heteroatoms. The molecule has 1 aliphatic rings. The Kier molecular flexibility index (Phi) is 5.28. The number of nitrogens with one attached hydrogen (secondary N) is 1. The van der Waals surface area contributed by atoms with Gasteiger partial charge in [0.1, 0.15) is 0 Å². The molecule has 0 spiro atoms. The molecule has 0 aromatic heterocycles. The number of rotatable bonds is 5. The van der Waals surface area contributed by atoms with Crippen molar-refractivity contribution in [3.05, 3.63) is 39.4 Å². The van der Waals surface area contributed by atoms with Gasteiger partial charge in [-0.25, -0.2) is 4.79 Å². The van der Waals surface area contributed by atoms with Gasteiger partial charge in [-0.2, -0.15) is 0 Å². The van der Waals surface area contributed by atoms with Crippen LogP contribution in [0.25, 0.3) is 0 Å². The second-order valence-electron chi connectivity index (χ2n) is 5.33. The Morgan fingerprint density at radius 1 is 1.39 bits per heavy atom. The van der Waals surface area contributed by atoms with E-state index in [2.05, 4.69) is 10.1 Å². The number of hydrogen-bond acceptors (Lipinski definition) is 6. The highest BCUT2D eigenvalue weighted by Crippen LogP contribution is 2.19. The Bertz CT molecular complexity index is 624. The summed E-state index contributed by atoms with van der Waals surface area (Å²) in [4.78, 5) is 34.2. The van der Waals surface area contributed by atoms with E-state index in [9.17, 15) is 19.7 Å². The van der Waals surface area contributed by atoms with Crippen LogP contribution < -0.4 is 5.32 Å². The van der Waals surface area contributed by atoms with E-state index in [1.54, 1.807) is 0 Å². The summed E-state index contributed by atoms with van der Waals surface area (Å²) in [5, 5.41) is 13.7. The molecule has 0 radical (unpaired) electrons. The number of benzene rings is 1. The second-order valence-corrected chi connectivity index (χ2v) is 5.33. The summed E-state index contributed by atoms with van der Waals surface area (Å²) in [7, 11) is 1.17. The van der Waals surface area contributed by atoms with E-state index >= 15 is 0 Å². The number of nitrogens with zero attached hydrogens (tertiary/aromatic N) is 1. The van der Waals surface area contributed by atoms with Crippen LogP contribution in [0.4, 0.5) is 5.69 Å². The van der Waals surface area contributed by atoms with Crippen molar-refractivity contribution in [1.29, 1.82) is 0 Å². The molecule has 23 heavy (non-hydrogen) atoms. The maximum Gasteiger partial charge on any atom is 0.338 e. The van der Waals surface area contributed by atoms with Crippen LogP contribution in [0.2, 0.25) is 0 Å². The Morgan fingerprint density at radius 3 is 2.65 bits per heavy atom. The lowest BCUT2D eigenvalue weighted by Gasteiger charge is -2.20. The van der Waals surface area contributed by atoms with E-state index in [0.717, 1.165) is 25.0 Å². The standard InChI is InChI=1S/C15H18N2O6/c1-9(13-4-3-5-23-13)16-14(18)10-6-11(15(19)22-2)8-12(7-10)17(20)21/h6-9,13H,3-5H2,1-2H3,(H,16,18)/t9-,13+/m0/s1. The fraction of sp³-hybridized carbons (Fsp3) is 0.467. The highest BCUT2D eigenvalue weighted by molar-refractivity contribution is 5.99. The molecular weight excluding hydrogens is 304 g/mol. The van der Waals surface area contributed by atoms with E-state index in [0.29, 0.717) is 6.61 Å². The average Bonchev–Trinajstić information content (AvgIpc) is 3.08. The van der Waals surface area contributed by atoms with Crippen molar-refractivity contribution in [3.63, 3.8) is 0 Å². The number of nitro benzene ring substituents is 1. The molecule has 1 amide bonds. The number of hydrogen-bond donors (Lipinski definition) is 1. The minimum Gasteiger partial charge on any atom is -0.465 e. The van der Waals surface area contributed by atoms with Gasteiger partial charge < -0.3 is 14.8 Å². The first-order chi connectivity index (χ1) is 10.9. The Hall–Kier alpha value is -2.48. The van der Waals surface area contributed by atoms with Crippen LogP contribution in [-0.2, 0) is 9.47 Å². The molecule has 1 aromatic rings. The van der Waals surface area contributed by atoms with Gasteiger partial charge in [0.05, 0.1) is 29.7 Å². The molecule has 0 saturated carbocycles. The molecular formula is C15H18N2O6. The number of carbonyl (C=O) groups excluding carboxylic acids is 2. The van der Waals surface area contributed by atoms with Gasteiger partial charge in [0, 0.05) is 24.3 Å². The summed E-state index contributed by atoms with van der Waals surface area (Å²) in [6.07, 6.45) is 1.72. The first-order valence-corrected chi connectivity index (χ1v) is 7.22. The number of carbonyl (C=O) groups is 2. The Labute approximate surface area is 132 Å². The normalized spacial score (nSPS) is 18.3. The monoisotopic (exact) mass is 322 g/mol. The van der Waals surface area contributed by atoms with Gasteiger partial charge in [0.15, 0.2) is 0 Å². The van der Waals surface area contributed by atoms with Crippen molar-refractivity contribution >= 4 is 17.6 Å². The summed E-state index contributed by atoms with van der Waals surface area (Å²) >= 11 is 0. The molecule has 1 heterocycles. The number of methoxy groups -OCH3 is 1. The molecule has 124 valence electrons. The summed E-state index contributed by atoms with van der Waals surface area (Å²) < 4.78 is 10.1. The summed E-state index contributed by atoms with van der Waals surface area (Å²) in [6.45, 7) is 2.47. The molecule has 8 nitrogen and oxygen atoms in total. The van der Waals surface area contributed by atoms with Crippen LogP contribution in [0.15, 0.2) is 18.2 Å². The lowest BCUT2D eigenvalue weighted by atomic mass is 10.1. The molecule has 1 saturated heterocycles. The van der Waals surface area contributed by atoms with Gasteiger partial charge in [-0.15, -0.1) is 0 Å². The predicted molar refractivity (Wildman–Crippen MR) is 80.3 cm³/mol. The second kappa shape index (κ2) is 7.19. The molecule has 1 N–H and O–H groups in total. The molecule has 0 unspecified atom stereocenters. The van der Waals surface area contributed by atoms with E-state index in [1.807, 2.05) is 6.92 Å². The van der Waals surface area contributed by atoms with E-state index in [4.69, 9.17) is 4.74 Å². The van der Waals surface area contributed by atoms with Crippen LogP contribution in [0, 0.1) is 10.1 Å². The van der Waals surface area contributed by atoms with Gasteiger partial charge in [-0.1, -0.05) is 0 Å². The van der Waals surface area contributed by atoms with Crippen LogP contribution in [0.3, 0.4) is 0 Å². The number of esters is 1. The molecule has 1 aromatic carbocycles. The van der Waals surface area contributed by atoms with Crippen molar-refractivity contribution < 1.29 is 24.0 Å². The number of amides is 1. The van der Waals surface area contributed by atoms with Crippen LogP contribution in [0.5, 0.6) is 0 Å². The Balaban J connectivity index is 2.22. The quantitative estimate of drug-likeness (QED) is 0.502. The molecule has 1 aliphatic heterocycles. The largest absolute Gasteiger partial charge is 0.465 e. The molecule has 1 fully saturated rings. The highest BCUT2D eigenvalue weighted by Gasteiger charge is 2.25. The number of non-ortho nitro benzene ring substituents is 1. The van der Waals surface area contributed by atoms with Crippen molar-refractivity contribution in [2.75, 3.05) is 13.7 Å². The molecule has 2 atom stereocenters. The Morgan fingerprint density at radius 2 is 2.09 bits per heavy atom. The van der Waals surface area contributed by atoms with Crippen LogP contribution >= 0.6 is 0 Å². The lowest BCUT2D eigenvalue weighted by Crippen LogP contribution is -2.40. The van der Waals surface area contributed by atoms with Crippen LogP contribution in [-0.4, -0.2) is 42.7 Å². The van der Waals surface area contributed by atoms with E-state index in [-0.39, 0.29) is 29.0 Å². The van der Waals surface area contributed by atoms with Gasteiger partial charge >= 0.3 is 5.97 Å². The van der Waals surface area contributed by atoms with Crippen molar-refractivity contribution in [2.45, 2.75) is 31.9 Å². The fourth-order valence-corrected chi connectivity index (χ4v) is 2.46. The minimum absolute atomic E-state index is 0.0319. The first kappa shape index (κ1) is 16.9. The molecule has 2 rings (SSSR count). The zero-order valence-electron chi connectivity index (χ0n) is 12.9. The SMILES string of the molecule is COC(=O)c1cc(C(=O)N[C@@H](C)[C@H]2CCCO2)cc([N+](=O)[O-])c1. The third kappa shape index (κ3) is 4.04. The zero-order valence-corrected chi connectivity index (χ0v) is 12.9. The van der Waals surface area contributed by atoms with Crippen molar-refractivity contribution in [1.82, 2.24) is 5.32 Å². The van der Waals surface area contributed by atoms with Gasteiger partial charge in [0.2, 0.25) is 0 Å². The number of ether oxygens (including phenoxy) is 2. The van der Waals surface area contributed by atoms with Gasteiger partial charge in [0.25, 0.3) is 11.6 Å². The number of nitro groups is 1. The smallest absolute Gasteiger partial charge is 0.338 e. The zero-order chi connectivity index (χ0) is 17.0. The summed E-state index contributed by atoms with van der Waals surface area (Å²) in [5.74, 6) is -1.24. The summed E-state index contributed by atoms with van der Waals surface area (Å²) in [6, 6.07) is 3.25. The van der Waals surface area contributed by atoms with Gasteiger partial charge in [-0.05, 0) is 25.8 Å². The fourth-order valence-electron chi connectivity index (χ4n) is 2.46.